The molecule has 1 rings (SSSR count). The Morgan fingerprint density at radius 1 is 0.650 bits per heavy atom. The van der Waals surface area contributed by atoms with Crippen molar-refractivity contribution in [3.05, 3.63) is 0 Å². The Hall–Kier alpha value is -2.52. The van der Waals surface area contributed by atoms with Crippen LogP contribution < -0.4 is 0 Å². The minimum Gasteiger partial charge on any atom is -0.465 e. The highest BCUT2D eigenvalue weighted by atomic mass is 16.4. The topological polar surface area (TPSA) is 156 Å². The highest BCUT2D eigenvalue weighted by molar-refractivity contribution is 5.88. The van der Waals surface area contributed by atoms with E-state index in [1.165, 1.54) is 0 Å². The van der Waals surface area contributed by atoms with E-state index in [4.69, 9.17) is 20.4 Å². The predicted molar refractivity (Wildman–Crippen MR) is 61.8 cm³/mol. The quantitative estimate of drug-likeness (QED) is 0.597. The molecular weight excluding hydrogens is 276 g/mol. The molecule has 0 aromatic carbocycles. The predicted octanol–water partition coefficient (Wildman–Crippen LogP) is 1.61. The zero-order chi connectivity index (χ0) is 15.4. The summed E-state index contributed by atoms with van der Waals surface area (Å²) in [5.41, 5.74) is 0. The van der Waals surface area contributed by atoms with E-state index in [-0.39, 0.29) is 22.6 Å². The summed E-state index contributed by atoms with van der Waals surface area (Å²) >= 11 is 0. The number of rotatable bonds is 2. The Balaban J connectivity index is 3.13. The Labute approximate surface area is 112 Å². The fraction of sp³-hybridized carbons (Fsp3) is 0.600. The molecule has 2 atom stereocenters. The summed E-state index contributed by atoms with van der Waals surface area (Å²) in [5.74, 6) is 0. The van der Waals surface area contributed by atoms with Crippen LogP contribution in [-0.2, 0) is 0 Å². The molecule has 0 spiro atoms. The van der Waals surface area contributed by atoms with Crippen LogP contribution in [0.2, 0.25) is 0 Å². The Morgan fingerprint density at radius 2 is 0.900 bits per heavy atom. The van der Waals surface area contributed by atoms with Gasteiger partial charge in [0, 0.05) is 0 Å². The van der Waals surface area contributed by atoms with Gasteiger partial charge in [0.05, 0.1) is 12.1 Å². The van der Waals surface area contributed by atoms with Gasteiger partial charge in [-0.2, -0.15) is 0 Å². The number of imide groups is 2. The third-order valence-electron chi connectivity index (χ3n) is 3.18. The van der Waals surface area contributed by atoms with Gasteiger partial charge in [-0.3, -0.25) is 0 Å². The third-order valence-corrected chi connectivity index (χ3v) is 3.18. The Morgan fingerprint density at radius 3 is 1.10 bits per heavy atom. The van der Waals surface area contributed by atoms with E-state index < -0.39 is 36.5 Å². The first kappa shape index (κ1) is 15.5. The molecule has 0 unspecified atom stereocenters. The fourth-order valence-corrected chi connectivity index (χ4v) is 2.43. The molecular formula is C10H14N2O8. The van der Waals surface area contributed by atoms with Crippen molar-refractivity contribution in [3.8, 4) is 0 Å². The second-order valence-electron chi connectivity index (χ2n) is 4.29. The summed E-state index contributed by atoms with van der Waals surface area (Å²) in [6.07, 6.45) is -5.89. The van der Waals surface area contributed by atoms with Crippen molar-refractivity contribution in [3.63, 3.8) is 0 Å². The van der Waals surface area contributed by atoms with E-state index in [0.29, 0.717) is 12.8 Å². The zero-order valence-corrected chi connectivity index (χ0v) is 10.3. The number of hydrogen-bond donors (Lipinski definition) is 4. The normalized spacial score (nSPS) is 21.8. The van der Waals surface area contributed by atoms with Crippen LogP contribution in [0.15, 0.2) is 0 Å². The molecule has 10 nitrogen and oxygen atoms in total. The first-order valence-corrected chi connectivity index (χ1v) is 5.77. The molecule has 4 N–H and O–H groups in total. The van der Waals surface area contributed by atoms with Gasteiger partial charge in [0.15, 0.2) is 0 Å². The van der Waals surface area contributed by atoms with Crippen LogP contribution in [-0.4, -0.2) is 66.7 Å². The van der Waals surface area contributed by atoms with Crippen molar-refractivity contribution in [2.45, 2.75) is 37.8 Å². The van der Waals surface area contributed by atoms with E-state index >= 15 is 0 Å². The third kappa shape index (κ3) is 3.08. The molecule has 0 bridgehead atoms. The van der Waals surface area contributed by atoms with Gasteiger partial charge >= 0.3 is 24.4 Å². The van der Waals surface area contributed by atoms with Crippen LogP contribution in [0.5, 0.6) is 0 Å². The lowest BCUT2D eigenvalue weighted by atomic mass is 9.88. The Bertz CT molecular complexity index is 369. The SMILES string of the molecule is O=C(O)N(C(=O)O)[C@H]1CCCC[C@@H]1N(C(=O)O)C(=O)O. The van der Waals surface area contributed by atoms with E-state index in [1.54, 1.807) is 0 Å². The van der Waals surface area contributed by atoms with Gasteiger partial charge in [0.2, 0.25) is 0 Å². The van der Waals surface area contributed by atoms with Crippen LogP contribution in [0.1, 0.15) is 25.7 Å². The molecule has 0 aliphatic heterocycles. The van der Waals surface area contributed by atoms with Crippen molar-refractivity contribution in [1.29, 1.82) is 0 Å². The first-order chi connectivity index (χ1) is 9.27. The average molecular weight is 290 g/mol. The number of amides is 4. The van der Waals surface area contributed by atoms with Crippen molar-refractivity contribution in [1.82, 2.24) is 9.80 Å². The van der Waals surface area contributed by atoms with Gasteiger partial charge in [-0.05, 0) is 12.8 Å². The van der Waals surface area contributed by atoms with Gasteiger partial charge in [-0.25, -0.2) is 29.0 Å². The number of hydrogen-bond acceptors (Lipinski definition) is 4. The molecule has 0 saturated heterocycles. The monoisotopic (exact) mass is 290 g/mol. The lowest BCUT2D eigenvalue weighted by Crippen LogP contribution is -2.58. The molecule has 0 heterocycles. The van der Waals surface area contributed by atoms with Crippen LogP contribution >= 0.6 is 0 Å². The maximum Gasteiger partial charge on any atom is 0.417 e. The second-order valence-corrected chi connectivity index (χ2v) is 4.29. The second kappa shape index (κ2) is 6.08. The number of carboxylic acid groups (broad SMARTS) is 4. The smallest absolute Gasteiger partial charge is 0.417 e. The molecule has 1 aliphatic rings. The van der Waals surface area contributed by atoms with Crippen molar-refractivity contribution in [2.75, 3.05) is 0 Å². The fourth-order valence-electron chi connectivity index (χ4n) is 2.43. The molecule has 0 radical (unpaired) electrons. The van der Waals surface area contributed by atoms with E-state index in [9.17, 15) is 19.2 Å². The minimum atomic E-state index is -1.76. The van der Waals surface area contributed by atoms with Gasteiger partial charge in [0.25, 0.3) is 0 Å². The molecule has 20 heavy (non-hydrogen) atoms. The summed E-state index contributed by atoms with van der Waals surface area (Å²) in [6.45, 7) is 0. The molecule has 1 fully saturated rings. The maximum absolute atomic E-state index is 11.0. The molecule has 1 aliphatic carbocycles. The lowest BCUT2D eigenvalue weighted by molar-refractivity contribution is 0.0464. The molecule has 112 valence electrons. The van der Waals surface area contributed by atoms with Gasteiger partial charge in [-0.1, -0.05) is 12.8 Å². The standard InChI is InChI=1S/C10H14N2O8/c13-7(14)11(8(15)16)5-3-1-2-4-6(5)12(9(17)18)10(19)20/h5-6H,1-4H2,(H,13,14)(H,15,16)(H,17,18)(H,19,20)/t5-,6-/m0/s1. The summed E-state index contributed by atoms with van der Waals surface area (Å²) in [4.78, 5) is 44.1. The molecule has 4 amide bonds. The van der Waals surface area contributed by atoms with Crippen molar-refractivity contribution in [2.24, 2.45) is 0 Å². The average Bonchev–Trinajstić information content (AvgIpc) is 2.29. The molecule has 0 aromatic heterocycles. The van der Waals surface area contributed by atoms with E-state index in [1.807, 2.05) is 0 Å². The summed E-state index contributed by atoms with van der Waals surface area (Å²) in [7, 11) is 0. The van der Waals surface area contributed by atoms with Gasteiger partial charge in [0.1, 0.15) is 0 Å². The van der Waals surface area contributed by atoms with E-state index in [2.05, 4.69) is 0 Å². The molecule has 10 heteroatoms. The number of carbonyl (C=O) groups is 4. The van der Waals surface area contributed by atoms with Crippen LogP contribution in [0.25, 0.3) is 0 Å². The lowest BCUT2D eigenvalue weighted by Gasteiger charge is -2.38. The summed E-state index contributed by atoms with van der Waals surface area (Å²) in [6, 6.07) is -2.46. The molecule has 0 aromatic rings. The molecule has 1 saturated carbocycles. The van der Waals surface area contributed by atoms with Gasteiger partial charge < -0.3 is 20.4 Å². The highest BCUT2D eigenvalue weighted by Crippen LogP contribution is 2.28. The maximum atomic E-state index is 11.0. The highest BCUT2D eigenvalue weighted by Gasteiger charge is 2.43. The van der Waals surface area contributed by atoms with Crippen molar-refractivity contribution >= 4 is 24.4 Å². The van der Waals surface area contributed by atoms with Crippen LogP contribution in [0.3, 0.4) is 0 Å². The van der Waals surface area contributed by atoms with Gasteiger partial charge in [-0.15, -0.1) is 0 Å². The minimum absolute atomic E-state index is 0.0721. The first-order valence-electron chi connectivity index (χ1n) is 5.77. The van der Waals surface area contributed by atoms with E-state index in [0.717, 1.165) is 0 Å². The van der Waals surface area contributed by atoms with Crippen molar-refractivity contribution < 1.29 is 39.6 Å². The summed E-state index contributed by atoms with van der Waals surface area (Å²) < 4.78 is 0. The zero-order valence-electron chi connectivity index (χ0n) is 10.3. The number of nitrogens with zero attached hydrogens (tertiary/aromatic N) is 2. The van der Waals surface area contributed by atoms with Crippen LogP contribution in [0, 0.1) is 0 Å². The Kier molecular flexibility index (Phi) is 4.73. The summed E-state index contributed by atoms with van der Waals surface area (Å²) in [5, 5.41) is 35.6. The van der Waals surface area contributed by atoms with Crippen LogP contribution in [0.4, 0.5) is 19.2 Å². The largest absolute Gasteiger partial charge is 0.465 e.